The van der Waals surface area contributed by atoms with Gasteiger partial charge < -0.3 is 0 Å². The monoisotopic (exact) mass is 373 g/mol. The van der Waals surface area contributed by atoms with Gasteiger partial charge in [-0.15, -0.1) is 11.3 Å². The molecular weight excluding hydrogens is 362 g/mol. The predicted octanol–water partition coefficient (Wildman–Crippen LogP) is 4.99. The molecule has 6 nitrogen and oxygen atoms in total. The largest absolute Gasteiger partial charge is 0.270 e. The van der Waals surface area contributed by atoms with Crippen LogP contribution in [-0.4, -0.2) is 15.8 Å². The molecule has 0 radical (unpaired) electrons. The summed E-state index contributed by atoms with van der Waals surface area (Å²) in [6.45, 7) is 1.84. The number of rotatable bonds is 4. The number of carbonyl (C=O) groups excluding carboxylic acids is 1. The first-order valence-electron chi connectivity index (χ1n) is 7.23. The molecule has 0 bridgehead atoms. The fourth-order valence-electron chi connectivity index (χ4n) is 2.25. The molecule has 1 aromatic heterocycles. The SMILES string of the molecule is Cc1csc(N(C(=O)c2ccc([N+](=O)[O-])cc2Cl)c2ccccc2)n1. The second-order valence-corrected chi connectivity index (χ2v) is 6.41. The van der Waals surface area contributed by atoms with Crippen LogP contribution >= 0.6 is 22.9 Å². The zero-order valence-electron chi connectivity index (χ0n) is 13.0. The maximum absolute atomic E-state index is 13.1. The molecule has 0 saturated carbocycles. The molecule has 3 aromatic rings. The first-order valence-corrected chi connectivity index (χ1v) is 8.48. The summed E-state index contributed by atoms with van der Waals surface area (Å²) in [5.41, 5.74) is 1.43. The minimum Gasteiger partial charge on any atom is -0.268 e. The van der Waals surface area contributed by atoms with Crippen molar-refractivity contribution < 1.29 is 9.72 Å². The summed E-state index contributed by atoms with van der Waals surface area (Å²) in [6.07, 6.45) is 0. The van der Waals surface area contributed by atoms with E-state index >= 15 is 0 Å². The Morgan fingerprint density at radius 1 is 1.24 bits per heavy atom. The topological polar surface area (TPSA) is 76.3 Å². The van der Waals surface area contributed by atoms with Crippen LogP contribution < -0.4 is 4.90 Å². The highest BCUT2D eigenvalue weighted by atomic mass is 35.5. The van der Waals surface area contributed by atoms with Crippen molar-refractivity contribution >= 4 is 45.4 Å². The molecule has 0 aliphatic rings. The number of anilines is 2. The van der Waals surface area contributed by atoms with Gasteiger partial charge in [-0.05, 0) is 25.1 Å². The number of aromatic nitrogens is 1. The third-order valence-electron chi connectivity index (χ3n) is 3.41. The van der Waals surface area contributed by atoms with Crippen molar-refractivity contribution in [2.24, 2.45) is 0 Å². The van der Waals surface area contributed by atoms with E-state index in [2.05, 4.69) is 4.98 Å². The van der Waals surface area contributed by atoms with E-state index in [9.17, 15) is 14.9 Å². The Balaban J connectivity index is 2.08. The van der Waals surface area contributed by atoms with Crippen LogP contribution in [-0.2, 0) is 0 Å². The van der Waals surface area contributed by atoms with Crippen LogP contribution in [0.3, 0.4) is 0 Å². The van der Waals surface area contributed by atoms with E-state index in [4.69, 9.17) is 11.6 Å². The van der Waals surface area contributed by atoms with Crippen LogP contribution in [0.1, 0.15) is 16.1 Å². The van der Waals surface area contributed by atoms with Crippen molar-refractivity contribution in [1.29, 1.82) is 0 Å². The summed E-state index contributed by atoms with van der Waals surface area (Å²) in [4.78, 5) is 29.2. The number of aryl methyl sites for hydroxylation is 1. The maximum Gasteiger partial charge on any atom is 0.270 e. The zero-order chi connectivity index (χ0) is 18.0. The summed E-state index contributed by atoms with van der Waals surface area (Å²) < 4.78 is 0. The highest BCUT2D eigenvalue weighted by Crippen LogP contribution is 2.32. The van der Waals surface area contributed by atoms with Crippen LogP contribution in [0.4, 0.5) is 16.5 Å². The van der Waals surface area contributed by atoms with Gasteiger partial charge in [-0.25, -0.2) is 4.98 Å². The third-order valence-corrected chi connectivity index (χ3v) is 4.67. The van der Waals surface area contributed by atoms with Crippen LogP contribution in [0.25, 0.3) is 0 Å². The lowest BCUT2D eigenvalue weighted by molar-refractivity contribution is -0.384. The number of para-hydroxylation sites is 1. The number of nitrogens with zero attached hydrogens (tertiary/aromatic N) is 3. The number of benzene rings is 2. The molecule has 0 saturated heterocycles. The van der Waals surface area contributed by atoms with Gasteiger partial charge >= 0.3 is 0 Å². The Bertz CT molecular complexity index is 943. The number of hydrogen-bond donors (Lipinski definition) is 0. The average molecular weight is 374 g/mol. The molecule has 2 aromatic carbocycles. The molecule has 0 fully saturated rings. The van der Waals surface area contributed by atoms with Gasteiger partial charge in [-0.1, -0.05) is 29.8 Å². The molecule has 1 amide bonds. The normalized spacial score (nSPS) is 10.5. The van der Waals surface area contributed by atoms with Gasteiger partial charge in [0.25, 0.3) is 11.6 Å². The van der Waals surface area contributed by atoms with Crippen molar-refractivity contribution in [1.82, 2.24) is 4.98 Å². The molecule has 8 heteroatoms. The number of halogens is 1. The minimum absolute atomic E-state index is 0.0217. The fourth-order valence-corrected chi connectivity index (χ4v) is 3.32. The highest BCUT2D eigenvalue weighted by Gasteiger charge is 2.25. The number of carbonyl (C=O) groups is 1. The average Bonchev–Trinajstić information content (AvgIpc) is 3.01. The van der Waals surface area contributed by atoms with Crippen molar-refractivity contribution in [2.45, 2.75) is 6.92 Å². The van der Waals surface area contributed by atoms with Gasteiger partial charge in [0.15, 0.2) is 5.13 Å². The molecule has 0 spiro atoms. The Kier molecular flexibility index (Phi) is 4.78. The van der Waals surface area contributed by atoms with Crippen LogP contribution in [0, 0.1) is 17.0 Å². The van der Waals surface area contributed by atoms with E-state index in [1.165, 1.54) is 34.4 Å². The van der Waals surface area contributed by atoms with Gasteiger partial charge in [0.1, 0.15) is 0 Å². The molecule has 0 aliphatic heterocycles. The molecular formula is C17H12ClN3O3S. The lowest BCUT2D eigenvalue weighted by Gasteiger charge is -2.20. The molecule has 0 atom stereocenters. The second-order valence-electron chi connectivity index (χ2n) is 5.17. The standard InChI is InChI=1S/C17H12ClN3O3S/c1-11-10-25-17(19-11)20(12-5-3-2-4-6-12)16(22)14-8-7-13(21(23)24)9-15(14)18/h2-10H,1H3. The summed E-state index contributed by atoms with van der Waals surface area (Å²) in [5, 5.41) is 13.2. The van der Waals surface area contributed by atoms with Crippen molar-refractivity contribution in [3.05, 3.63) is 80.3 Å². The number of non-ortho nitro benzene ring substituents is 1. The molecule has 0 aliphatic carbocycles. The third kappa shape index (κ3) is 3.52. The lowest BCUT2D eigenvalue weighted by Crippen LogP contribution is -2.26. The predicted molar refractivity (Wildman–Crippen MR) is 97.9 cm³/mol. The smallest absolute Gasteiger partial charge is 0.268 e. The molecule has 126 valence electrons. The number of nitro groups is 1. The van der Waals surface area contributed by atoms with Gasteiger partial charge in [0.05, 0.1) is 26.9 Å². The lowest BCUT2D eigenvalue weighted by atomic mass is 10.1. The first kappa shape index (κ1) is 17.1. The summed E-state index contributed by atoms with van der Waals surface area (Å²) in [5.74, 6) is -0.402. The van der Waals surface area contributed by atoms with Gasteiger partial charge in [-0.2, -0.15) is 0 Å². The van der Waals surface area contributed by atoms with Crippen LogP contribution in [0.5, 0.6) is 0 Å². The van der Waals surface area contributed by atoms with E-state index in [0.717, 1.165) is 5.69 Å². The maximum atomic E-state index is 13.1. The summed E-state index contributed by atoms with van der Waals surface area (Å²) in [6, 6.07) is 12.8. The Morgan fingerprint density at radius 3 is 2.52 bits per heavy atom. The Hall–Kier alpha value is -2.77. The zero-order valence-corrected chi connectivity index (χ0v) is 14.6. The van der Waals surface area contributed by atoms with Crippen molar-refractivity contribution in [3.8, 4) is 0 Å². The summed E-state index contributed by atoms with van der Waals surface area (Å²) in [7, 11) is 0. The van der Waals surface area contributed by atoms with Gasteiger partial charge in [0.2, 0.25) is 0 Å². The van der Waals surface area contributed by atoms with E-state index < -0.39 is 10.8 Å². The number of thiazole rings is 1. The quantitative estimate of drug-likeness (QED) is 0.476. The molecule has 3 rings (SSSR count). The number of hydrogen-bond acceptors (Lipinski definition) is 5. The van der Waals surface area contributed by atoms with Gasteiger partial charge in [-0.3, -0.25) is 19.8 Å². The summed E-state index contributed by atoms with van der Waals surface area (Å²) >= 11 is 7.46. The van der Waals surface area contributed by atoms with E-state index in [0.29, 0.717) is 10.8 Å². The fraction of sp³-hybridized carbons (Fsp3) is 0.0588. The Morgan fingerprint density at radius 2 is 1.96 bits per heavy atom. The molecule has 0 unspecified atom stereocenters. The van der Waals surface area contributed by atoms with Crippen molar-refractivity contribution in [3.63, 3.8) is 0 Å². The minimum atomic E-state index is -0.556. The highest BCUT2D eigenvalue weighted by molar-refractivity contribution is 7.14. The molecule has 25 heavy (non-hydrogen) atoms. The molecule has 1 heterocycles. The first-order chi connectivity index (χ1) is 12.0. The van der Waals surface area contributed by atoms with E-state index in [-0.39, 0.29) is 16.3 Å². The number of amides is 1. The van der Waals surface area contributed by atoms with Gasteiger partial charge in [0, 0.05) is 17.5 Å². The van der Waals surface area contributed by atoms with Crippen LogP contribution in [0.15, 0.2) is 53.9 Å². The van der Waals surface area contributed by atoms with E-state index in [1.54, 1.807) is 12.1 Å². The van der Waals surface area contributed by atoms with E-state index in [1.807, 2.05) is 30.5 Å². The molecule has 0 N–H and O–H groups in total. The van der Waals surface area contributed by atoms with Crippen molar-refractivity contribution in [2.75, 3.05) is 4.90 Å². The number of nitro benzene ring substituents is 1. The van der Waals surface area contributed by atoms with Crippen LogP contribution in [0.2, 0.25) is 5.02 Å². The second kappa shape index (κ2) is 7.00. The Labute approximate surface area is 152 Å².